The lowest BCUT2D eigenvalue weighted by molar-refractivity contribution is -0.127. The van der Waals surface area contributed by atoms with Crippen LogP contribution in [-0.2, 0) is 11.3 Å². The molecule has 0 bridgehead atoms. The van der Waals surface area contributed by atoms with E-state index in [1.807, 2.05) is 30.3 Å². The molecule has 3 rings (SSSR count). The van der Waals surface area contributed by atoms with Gasteiger partial charge in [-0.3, -0.25) is 4.79 Å². The highest BCUT2D eigenvalue weighted by Gasteiger charge is 2.21. The molecule has 0 saturated carbocycles. The Hall–Kier alpha value is -1.95. The summed E-state index contributed by atoms with van der Waals surface area (Å²) >= 11 is 0. The number of fused-ring (bicyclic) bond motifs is 1. The van der Waals surface area contributed by atoms with Gasteiger partial charge in [-0.1, -0.05) is 0 Å². The SMILES string of the molecule is Cc1cc2ncc(CNC(C)CN3CCCC3=O)cn2n1. The van der Waals surface area contributed by atoms with Gasteiger partial charge in [-0.05, 0) is 20.3 Å². The average molecular weight is 287 g/mol. The third-order valence-corrected chi connectivity index (χ3v) is 3.81. The third kappa shape index (κ3) is 3.21. The van der Waals surface area contributed by atoms with E-state index in [1.54, 1.807) is 4.52 Å². The smallest absolute Gasteiger partial charge is 0.222 e. The summed E-state index contributed by atoms with van der Waals surface area (Å²) in [6.07, 6.45) is 5.56. The van der Waals surface area contributed by atoms with Crippen LogP contribution in [0.15, 0.2) is 18.5 Å². The number of aromatic nitrogens is 3. The first-order valence-electron chi connectivity index (χ1n) is 7.44. The monoisotopic (exact) mass is 287 g/mol. The number of aryl methyl sites for hydroxylation is 1. The standard InChI is InChI=1S/C15H21N5O/c1-11-6-14-17-8-13(10-20(14)18-11)7-16-12(2)9-19-5-3-4-15(19)21/h6,8,10,12,16H,3-5,7,9H2,1-2H3. The van der Waals surface area contributed by atoms with Gasteiger partial charge in [0.05, 0.1) is 5.69 Å². The van der Waals surface area contributed by atoms with E-state index >= 15 is 0 Å². The summed E-state index contributed by atoms with van der Waals surface area (Å²) in [7, 11) is 0. The summed E-state index contributed by atoms with van der Waals surface area (Å²) in [5, 5.41) is 7.81. The largest absolute Gasteiger partial charge is 0.341 e. The Morgan fingerprint density at radius 2 is 2.33 bits per heavy atom. The molecule has 3 heterocycles. The van der Waals surface area contributed by atoms with Crippen molar-refractivity contribution in [2.75, 3.05) is 13.1 Å². The van der Waals surface area contributed by atoms with E-state index < -0.39 is 0 Å². The first kappa shape index (κ1) is 14.0. The van der Waals surface area contributed by atoms with Crippen LogP contribution in [0.2, 0.25) is 0 Å². The molecular formula is C15H21N5O. The van der Waals surface area contributed by atoms with Gasteiger partial charge in [0.2, 0.25) is 5.91 Å². The van der Waals surface area contributed by atoms with Crippen molar-refractivity contribution in [2.24, 2.45) is 0 Å². The Bertz CT molecular complexity index is 651. The fraction of sp³-hybridized carbons (Fsp3) is 0.533. The van der Waals surface area contributed by atoms with Crippen LogP contribution in [0.3, 0.4) is 0 Å². The van der Waals surface area contributed by atoms with Gasteiger partial charge in [-0.2, -0.15) is 5.10 Å². The summed E-state index contributed by atoms with van der Waals surface area (Å²) in [5.74, 6) is 0.277. The maximum atomic E-state index is 11.6. The van der Waals surface area contributed by atoms with Crippen LogP contribution in [0, 0.1) is 6.92 Å². The fourth-order valence-corrected chi connectivity index (χ4v) is 2.71. The predicted octanol–water partition coefficient (Wildman–Crippen LogP) is 1.14. The van der Waals surface area contributed by atoms with E-state index in [-0.39, 0.29) is 11.9 Å². The molecule has 112 valence electrons. The maximum Gasteiger partial charge on any atom is 0.222 e. The molecule has 0 aromatic carbocycles. The summed E-state index contributed by atoms with van der Waals surface area (Å²) in [5.41, 5.74) is 2.92. The van der Waals surface area contributed by atoms with Crippen molar-refractivity contribution in [3.8, 4) is 0 Å². The molecule has 0 spiro atoms. The van der Waals surface area contributed by atoms with Gasteiger partial charge in [0.15, 0.2) is 5.65 Å². The number of nitrogens with one attached hydrogen (secondary N) is 1. The molecule has 1 atom stereocenters. The number of amides is 1. The van der Waals surface area contributed by atoms with E-state index in [4.69, 9.17) is 0 Å². The Morgan fingerprint density at radius 1 is 1.48 bits per heavy atom. The zero-order valence-electron chi connectivity index (χ0n) is 12.5. The molecule has 6 heteroatoms. The zero-order valence-corrected chi connectivity index (χ0v) is 12.5. The molecule has 0 aliphatic carbocycles. The minimum Gasteiger partial charge on any atom is -0.341 e. The lowest BCUT2D eigenvalue weighted by atomic mass is 10.2. The molecule has 6 nitrogen and oxygen atoms in total. The van der Waals surface area contributed by atoms with E-state index in [9.17, 15) is 4.79 Å². The highest BCUT2D eigenvalue weighted by molar-refractivity contribution is 5.78. The number of hydrogen-bond acceptors (Lipinski definition) is 4. The summed E-state index contributed by atoms with van der Waals surface area (Å²) in [6.45, 7) is 6.46. The number of nitrogens with zero attached hydrogens (tertiary/aromatic N) is 4. The van der Waals surface area contributed by atoms with Crippen molar-refractivity contribution in [3.05, 3.63) is 29.7 Å². The van der Waals surface area contributed by atoms with Crippen molar-refractivity contribution >= 4 is 11.6 Å². The quantitative estimate of drug-likeness (QED) is 0.895. The minimum absolute atomic E-state index is 0.266. The molecule has 1 N–H and O–H groups in total. The molecule has 1 saturated heterocycles. The van der Waals surface area contributed by atoms with Crippen molar-refractivity contribution in [2.45, 2.75) is 39.3 Å². The topological polar surface area (TPSA) is 62.5 Å². The Kier molecular flexibility index (Phi) is 3.88. The summed E-state index contributed by atoms with van der Waals surface area (Å²) in [6, 6.07) is 2.22. The molecule has 21 heavy (non-hydrogen) atoms. The van der Waals surface area contributed by atoms with Crippen LogP contribution in [-0.4, -0.2) is 44.5 Å². The summed E-state index contributed by atoms with van der Waals surface area (Å²) < 4.78 is 1.81. The van der Waals surface area contributed by atoms with E-state index in [1.165, 1.54) is 0 Å². The number of hydrogen-bond donors (Lipinski definition) is 1. The van der Waals surface area contributed by atoms with Gasteiger partial charge in [-0.25, -0.2) is 9.50 Å². The highest BCUT2D eigenvalue weighted by atomic mass is 16.2. The van der Waals surface area contributed by atoms with Crippen molar-refractivity contribution in [1.82, 2.24) is 24.8 Å². The van der Waals surface area contributed by atoms with Gasteiger partial charge >= 0.3 is 0 Å². The van der Waals surface area contributed by atoms with Gasteiger partial charge < -0.3 is 10.2 Å². The number of carbonyl (C=O) groups excluding carboxylic acids is 1. The molecular weight excluding hydrogens is 266 g/mol. The highest BCUT2D eigenvalue weighted by Crippen LogP contribution is 2.10. The van der Waals surface area contributed by atoms with E-state index in [0.717, 1.165) is 43.0 Å². The van der Waals surface area contributed by atoms with Crippen LogP contribution >= 0.6 is 0 Å². The van der Waals surface area contributed by atoms with E-state index in [2.05, 4.69) is 22.3 Å². The second kappa shape index (κ2) is 5.81. The van der Waals surface area contributed by atoms with Gasteiger partial charge in [0.25, 0.3) is 0 Å². The maximum absolute atomic E-state index is 11.6. The van der Waals surface area contributed by atoms with Crippen LogP contribution in [0.25, 0.3) is 5.65 Å². The lowest BCUT2D eigenvalue weighted by Gasteiger charge is -2.21. The van der Waals surface area contributed by atoms with Crippen LogP contribution in [0.1, 0.15) is 31.0 Å². The number of carbonyl (C=O) groups is 1. The number of rotatable bonds is 5. The molecule has 1 unspecified atom stereocenters. The molecule has 1 aliphatic heterocycles. The molecule has 2 aromatic heterocycles. The second-order valence-electron chi connectivity index (χ2n) is 5.78. The Morgan fingerprint density at radius 3 is 3.10 bits per heavy atom. The first-order chi connectivity index (χ1) is 10.1. The summed E-state index contributed by atoms with van der Waals surface area (Å²) in [4.78, 5) is 17.9. The normalized spacial score (nSPS) is 16.9. The molecule has 1 fully saturated rings. The fourth-order valence-electron chi connectivity index (χ4n) is 2.71. The predicted molar refractivity (Wildman–Crippen MR) is 79.8 cm³/mol. The minimum atomic E-state index is 0.266. The first-order valence-corrected chi connectivity index (χ1v) is 7.44. The zero-order chi connectivity index (χ0) is 14.8. The van der Waals surface area contributed by atoms with Crippen molar-refractivity contribution in [1.29, 1.82) is 0 Å². The second-order valence-corrected chi connectivity index (χ2v) is 5.78. The molecule has 0 radical (unpaired) electrons. The molecule has 2 aromatic rings. The average Bonchev–Trinajstić information content (AvgIpc) is 3.01. The Balaban J connectivity index is 1.56. The molecule has 1 amide bonds. The number of likely N-dealkylation sites (tertiary alicyclic amines) is 1. The van der Waals surface area contributed by atoms with Crippen LogP contribution < -0.4 is 5.32 Å². The van der Waals surface area contributed by atoms with Gasteiger partial charge in [-0.15, -0.1) is 0 Å². The van der Waals surface area contributed by atoms with Gasteiger partial charge in [0.1, 0.15) is 0 Å². The van der Waals surface area contributed by atoms with Crippen LogP contribution in [0.4, 0.5) is 0 Å². The molecule has 1 aliphatic rings. The van der Waals surface area contributed by atoms with Crippen molar-refractivity contribution < 1.29 is 4.79 Å². The van der Waals surface area contributed by atoms with Crippen molar-refractivity contribution in [3.63, 3.8) is 0 Å². The van der Waals surface area contributed by atoms with E-state index in [0.29, 0.717) is 6.42 Å². The van der Waals surface area contributed by atoms with Crippen LogP contribution in [0.5, 0.6) is 0 Å². The van der Waals surface area contributed by atoms with Gasteiger partial charge in [0, 0.05) is 56.1 Å². The lowest BCUT2D eigenvalue weighted by Crippen LogP contribution is -2.39. The third-order valence-electron chi connectivity index (χ3n) is 3.81. The Labute approximate surface area is 124 Å².